The zero-order valence-corrected chi connectivity index (χ0v) is 20.5. The minimum Gasteiger partial charge on any atom is -0.461 e. The molecule has 0 saturated heterocycles. The van der Waals surface area contributed by atoms with Crippen LogP contribution in [0.5, 0.6) is 0 Å². The fourth-order valence-corrected chi connectivity index (χ4v) is 5.00. The average Bonchev–Trinajstić information content (AvgIpc) is 2.66. The molecular weight excluding hydrogens is 408 g/mol. The van der Waals surface area contributed by atoms with Gasteiger partial charge < -0.3 is 9.16 Å². The van der Waals surface area contributed by atoms with E-state index in [9.17, 15) is 4.79 Å². The van der Waals surface area contributed by atoms with E-state index in [0.717, 1.165) is 9.80 Å². The zero-order chi connectivity index (χ0) is 22.3. The number of hydrogen-bond donors (Lipinski definition) is 0. The molecule has 1 aromatic carbocycles. The van der Waals surface area contributed by atoms with Crippen LogP contribution in [0.3, 0.4) is 0 Å². The van der Waals surface area contributed by atoms with Crippen LogP contribution in [0.15, 0.2) is 58.4 Å². The lowest BCUT2D eigenvalue weighted by Gasteiger charge is -2.42. The number of allylic oxidation sites excluding steroid dienone is 2. The number of hydrogen-bond acceptors (Lipinski definition) is 4. The molecule has 1 atom stereocenters. The normalized spacial score (nSPS) is 23.0. The summed E-state index contributed by atoms with van der Waals surface area (Å²) in [5.74, 6) is 11.7. The van der Waals surface area contributed by atoms with Gasteiger partial charge in [0.2, 0.25) is 0 Å². The van der Waals surface area contributed by atoms with Crippen LogP contribution in [0.4, 0.5) is 0 Å². The van der Waals surface area contributed by atoms with Crippen LogP contribution in [0.25, 0.3) is 0 Å². The van der Waals surface area contributed by atoms with Crippen molar-refractivity contribution in [3.05, 3.63) is 53.5 Å². The molecular formula is C25H30O3SSi. The third kappa shape index (κ3) is 6.95. The summed E-state index contributed by atoms with van der Waals surface area (Å²) in [6.45, 7) is 13.2. The van der Waals surface area contributed by atoms with Crippen LogP contribution in [-0.2, 0) is 14.0 Å². The SMILES string of the molecule is CC1(O[Si](C)(C)C(C)(C)C)C#C/C=C\C#CCC(=O)OC/C=C/1Sc1ccccc1. The van der Waals surface area contributed by atoms with Gasteiger partial charge in [-0.25, -0.2) is 0 Å². The first kappa shape index (κ1) is 24.1. The summed E-state index contributed by atoms with van der Waals surface area (Å²) in [4.78, 5) is 13.9. The maximum atomic E-state index is 11.9. The number of rotatable bonds is 4. The Balaban J connectivity index is 2.53. The molecule has 0 bridgehead atoms. The topological polar surface area (TPSA) is 35.5 Å². The predicted octanol–water partition coefficient (Wildman–Crippen LogP) is 5.95. The minimum atomic E-state index is -2.15. The van der Waals surface area contributed by atoms with E-state index in [1.165, 1.54) is 0 Å². The smallest absolute Gasteiger partial charge is 0.318 e. The number of carbonyl (C=O) groups is 1. The van der Waals surface area contributed by atoms with Crippen molar-refractivity contribution in [1.29, 1.82) is 0 Å². The predicted molar refractivity (Wildman–Crippen MR) is 127 cm³/mol. The van der Waals surface area contributed by atoms with Crippen LogP contribution in [0.1, 0.15) is 34.1 Å². The summed E-state index contributed by atoms with van der Waals surface area (Å²) in [6, 6.07) is 10.1. The van der Waals surface area contributed by atoms with Crippen molar-refractivity contribution in [3.63, 3.8) is 0 Å². The molecule has 0 spiro atoms. The molecule has 1 aliphatic heterocycles. The van der Waals surface area contributed by atoms with Crippen molar-refractivity contribution in [2.75, 3.05) is 6.61 Å². The van der Waals surface area contributed by atoms with Gasteiger partial charge in [-0.2, -0.15) is 0 Å². The molecule has 0 amide bonds. The Bertz CT molecular complexity index is 934. The second kappa shape index (κ2) is 10.2. The standard InChI is InChI=1S/C25H30O3SSi/c1-24(2,3)30(5,6)28-25(4)19-14-9-7-8-13-17-23(26)27-20-18-22(25)29-21-15-11-10-12-16-21/h7,9-12,15-16,18H,17,20H2,1-6H3/b9-7-,22-18-. The van der Waals surface area contributed by atoms with E-state index in [2.05, 4.69) is 57.5 Å². The van der Waals surface area contributed by atoms with E-state index in [1.54, 1.807) is 23.9 Å². The number of benzene rings is 1. The Hall–Kier alpha value is -2.18. The monoisotopic (exact) mass is 438 g/mol. The minimum absolute atomic E-state index is 0.0230. The van der Waals surface area contributed by atoms with E-state index in [4.69, 9.17) is 9.16 Å². The third-order valence-electron chi connectivity index (χ3n) is 5.12. The van der Waals surface area contributed by atoms with Crippen molar-refractivity contribution in [3.8, 4) is 23.7 Å². The van der Waals surface area contributed by atoms with E-state index in [0.29, 0.717) is 0 Å². The molecule has 0 saturated carbocycles. The molecule has 0 N–H and O–H groups in total. The van der Waals surface area contributed by atoms with Crippen molar-refractivity contribution in [1.82, 2.24) is 0 Å². The highest BCUT2D eigenvalue weighted by atomic mass is 32.2. The van der Waals surface area contributed by atoms with Crippen molar-refractivity contribution < 1.29 is 14.0 Å². The second-order valence-corrected chi connectivity index (χ2v) is 14.5. The van der Waals surface area contributed by atoms with Crippen molar-refractivity contribution in [2.24, 2.45) is 0 Å². The molecule has 2 rings (SSSR count). The number of ether oxygens (including phenoxy) is 1. The highest BCUT2D eigenvalue weighted by Crippen LogP contribution is 2.44. The lowest BCUT2D eigenvalue weighted by Crippen LogP contribution is -2.48. The number of cyclic esters (lactones) is 1. The molecule has 1 aliphatic rings. The highest BCUT2D eigenvalue weighted by molar-refractivity contribution is 8.03. The summed E-state index contributed by atoms with van der Waals surface area (Å²) in [5.41, 5.74) is -0.845. The lowest BCUT2D eigenvalue weighted by atomic mass is 10.1. The van der Waals surface area contributed by atoms with E-state index < -0.39 is 13.9 Å². The van der Waals surface area contributed by atoms with Gasteiger partial charge in [-0.3, -0.25) is 4.79 Å². The average molecular weight is 439 g/mol. The number of carbonyl (C=O) groups excluding carboxylic acids is 1. The Labute approximate surface area is 186 Å². The molecule has 158 valence electrons. The van der Waals surface area contributed by atoms with Crippen molar-refractivity contribution >= 4 is 26.0 Å². The van der Waals surface area contributed by atoms with E-state index in [1.807, 2.05) is 43.3 Å². The number of esters is 1. The molecule has 1 aromatic rings. The fraction of sp³-hybridized carbons (Fsp3) is 0.400. The van der Waals surface area contributed by atoms with Gasteiger partial charge in [0.15, 0.2) is 8.32 Å². The van der Waals surface area contributed by atoms with Gasteiger partial charge in [-0.05, 0) is 55.4 Å². The fourth-order valence-electron chi connectivity index (χ4n) is 2.46. The molecule has 3 nitrogen and oxygen atoms in total. The van der Waals surface area contributed by atoms with Gasteiger partial charge in [0.05, 0.1) is 0 Å². The van der Waals surface area contributed by atoms with Gasteiger partial charge in [0.25, 0.3) is 0 Å². The van der Waals surface area contributed by atoms with Gasteiger partial charge in [-0.15, -0.1) is 0 Å². The van der Waals surface area contributed by atoms with Gasteiger partial charge >= 0.3 is 5.97 Å². The number of thioether (sulfide) groups is 1. The van der Waals surface area contributed by atoms with E-state index in [-0.39, 0.29) is 24.0 Å². The summed E-state index contributed by atoms with van der Waals surface area (Å²) < 4.78 is 12.2. The Kier molecular flexibility index (Phi) is 8.21. The van der Waals surface area contributed by atoms with Crippen LogP contribution in [0, 0.1) is 23.7 Å². The first-order valence-electron chi connectivity index (χ1n) is 9.99. The molecule has 0 aromatic heterocycles. The Morgan fingerprint density at radius 3 is 2.47 bits per heavy atom. The molecule has 0 radical (unpaired) electrons. The lowest BCUT2D eigenvalue weighted by molar-refractivity contribution is -0.141. The molecule has 0 fully saturated rings. The van der Waals surface area contributed by atoms with Crippen molar-refractivity contribution in [2.45, 2.75) is 62.7 Å². The zero-order valence-electron chi connectivity index (χ0n) is 18.7. The van der Waals surface area contributed by atoms with Crippen LogP contribution in [0.2, 0.25) is 18.1 Å². The summed E-state index contributed by atoms with van der Waals surface area (Å²) >= 11 is 1.59. The first-order valence-corrected chi connectivity index (χ1v) is 13.7. The van der Waals surface area contributed by atoms with Crippen LogP contribution in [-0.4, -0.2) is 26.5 Å². The van der Waals surface area contributed by atoms with Crippen LogP contribution >= 0.6 is 11.8 Å². The van der Waals surface area contributed by atoms with E-state index >= 15 is 0 Å². The summed E-state index contributed by atoms with van der Waals surface area (Å²) in [7, 11) is -2.15. The maximum Gasteiger partial charge on any atom is 0.318 e. The maximum absolute atomic E-state index is 11.9. The molecule has 1 heterocycles. The van der Waals surface area contributed by atoms with Gasteiger partial charge in [-0.1, -0.05) is 74.4 Å². The van der Waals surface area contributed by atoms with Crippen LogP contribution < -0.4 is 0 Å². The quantitative estimate of drug-likeness (QED) is 0.330. The highest BCUT2D eigenvalue weighted by Gasteiger charge is 2.44. The molecule has 0 aliphatic carbocycles. The first-order chi connectivity index (χ1) is 14.0. The summed E-state index contributed by atoms with van der Waals surface area (Å²) in [6.07, 6.45) is 5.32. The molecule has 30 heavy (non-hydrogen) atoms. The van der Waals surface area contributed by atoms with Gasteiger partial charge in [0.1, 0.15) is 18.6 Å². The largest absolute Gasteiger partial charge is 0.461 e. The Morgan fingerprint density at radius 1 is 1.13 bits per heavy atom. The summed E-state index contributed by atoms with van der Waals surface area (Å²) in [5, 5.41) is 0.0230. The van der Waals surface area contributed by atoms with Gasteiger partial charge in [0, 0.05) is 9.80 Å². The Morgan fingerprint density at radius 2 is 1.80 bits per heavy atom. The molecule has 1 unspecified atom stereocenters. The second-order valence-electron chi connectivity index (χ2n) is 8.66. The third-order valence-corrected chi connectivity index (χ3v) is 10.9. The molecule has 5 heteroatoms.